The predicted molar refractivity (Wildman–Crippen MR) is 87.2 cm³/mol. The Bertz CT molecular complexity index is 702. The molecule has 22 heavy (non-hydrogen) atoms. The molecule has 0 saturated heterocycles. The molecule has 2 rings (SSSR count). The number of amides is 1. The molecule has 1 heterocycles. The minimum absolute atomic E-state index is 0.0531. The molecule has 0 radical (unpaired) electrons. The highest BCUT2D eigenvalue weighted by Crippen LogP contribution is 2.15. The van der Waals surface area contributed by atoms with Gasteiger partial charge in [-0.1, -0.05) is 12.1 Å². The Morgan fingerprint density at radius 1 is 1.23 bits per heavy atom. The van der Waals surface area contributed by atoms with E-state index >= 15 is 0 Å². The van der Waals surface area contributed by atoms with Crippen LogP contribution in [0.25, 0.3) is 0 Å². The summed E-state index contributed by atoms with van der Waals surface area (Å²) in [5.41, 5.74) is 2.87. The zero-order valence-electron chi connectivity index (χ0n) is 13.4. The highest BCUT2D eigenvalue weighted by molar-refractivity contribution is 6.05. The van der Waals surface area contributed by atoms with E-state index in [2.05, 4.69) is 10.2 Å². The molecule has 0 fully saturated rings. The summed E-state index contributed by atoms with van der Waals surface area (Å²) in [6.45, 7) is 2.30. The van der Waals surface area contributed by atoms with Crippen LogP contribution in [0.5, 0.6) is 0 Å². The number of nitrogens with zero attached hydrogens (tertiary/aromatic N) is 2. The van der Waals surface area contributed by atoms with Crippen LogP contribution < -0.4 is 5.32 Å². The summed E-state index contributed by atoms with van der Waals surface area (Å²) in [4.78, 5) is 25.8. The van der Waals surface area contributed by atoms with Crippen molar-refractivity contribution in [3.05, 3.63) is 53.3 Å². The van der Waals surface area contributed by atoms with Crippen molar-refractivity contribution in [2.75, 3.05) is 19.4 Å². The molecule has 1 amide bonds. The lowest BCUT2D eigenvalue weighted by Gasteiger charge is -2.11. The van der Waals surface area contributed by atoms with Gasteiger partial charge in [0, 0.05) is 31.0 Å². The van der Waals surface area contributed by atoms with E-state index < -0.39 is 0 Å². The number of hydrogen-bond donors (Lipinski definition) is 1. The summed E-state index contributed by atoms with van der Waals surface area (Å²) >= 11 is 0. The zero-order chi connectivity index (χ0) is 16.3. The molecule has 116 valence electrons. The van der Waals surface area contributed by atoms with E-state index in [1.165, 1.54) is 6.92 Å². The van der Waals surface area contributed by atoms with E-state index in [0.29, 0.717) is 11.3 Å². The molecule has 0 bridgehead atoms. The number of anilines is 1. The first-order valence-electron chi connectivity index (χ1n) is 7.09. The highest BCUT2D eigenvalue weighted by Gasteiger charge is 2.14. The van der Waals surface area contributed by atoms with Gasteiger partial charge in [-0.25, -0.2) is 0 Å². The summed E-state index contributed by atoms with van der Waals surface area (Å²) in [6, 6.07) is 9.35. The quantitative estimate of drug-likeness (QED) is 0.863. The van der Waals surface area contributed by atoms with Crippen molar-refractivity contribution in [1.29, 1.82) is 0 Å². The molecule has 0 saturated carbocycles. The van der Waals surface area contributed by atoms with Gasteiger partial charge in [0.25, 0.3) is 5.91 Å². The number of carbonyl (C=O) groups excluding carboxylic acids is 2. The number of hydrogen-bond acceptors (Lipinski definition) is 3. The first kappa shape index (κ1) is 16.0. The average Bonchev–Trinajstić information content (AvgIpc) is 2.80. The number of benzene rings is 1. The van der Waals surface area contributed by atoms with E-state index in [1.54, 1.807) is 23.9 Å². The fourth-order valence-corrected chi connectivity index (χ4v) is 2.29. The topological polar surface area (TPSA) is 54.3 Å². The lowest BCUT2D eigenvalue weighted by Crippen LogP contribution is -2.16. The van der Waals surface area contributed by atoms with E-state index in [4.69, 9.17) is 0 Å². The standard InChI is InChI=1S/C17H21N3O2/c1-12(21)14-9-16(20(4)11-14)17(22)18-15-7-5-6-13(8-15)10-19(2)3/h5-9,11H,10H2,1-4H3,(H,18,22). The van der Waals surface area contributed by atoms with Crippen molar-refractivity contribution in [3.63, 3.8) is 0 Å². The monoisotopic (exact) mass is 299 g/mol. The lowest BCUT2D eigenvalue weighted by molar-refractivity contribution is 0.101. The highest BCUT2D eigenvalue weighted by atomic mass is 16.2. The Hall–Kier alpha value is -2.40. The maximum atomic E-state index is 12.4. The Morgan fingerprint density at radius 2 is 1.95 bits per heavy atom. The Morgan fingerprint density at radius 3 is 2.55 bits per heavy atom. The van der Waals surface area contributed by atoms with Crippen LogP contribution in [0.1, 0.15) is 33.3 Å². The van der Waals surface area contributed by atoms with E-state index in [-0.39, 0.29) is 11.7 Å². The molecule has 5 heteroatoms. The van der Waals surface area contributed by atoms with Crippen molar-refractivity contribution < 1.29 is 9.59 Å². The van der Waals surface area contributed by atoms with Gasteiger partial charge < -0.3 is 14.8 Å². The molecule has 0 aliphatic rings. The second-order valence-electron chi connectivity index (χ2n) is 5.67. The van der Waals surface area contributed by atoms with Crippen LogP contribution in [0.3, 0.4) is 0 Å². The van der Waals surface area contributed by atoms with Gasteiger partial charge in [-0.05, 0) is 44.8 Å². The molecule has 5 nitrogen and oxygen atoms in total. The maximum Gasteiger partial charge on any atom is 0.272 e. The first-order chi connectivity index (χ1) is 10.4. The van der Waals surface area contributed by atoms with Crippen LogP contribution in [-0.4, -0.2) is 35.3 Å². The summed E-state index contributed by atoms with van der Waals surface area (Å²) in [6.07, 6.45) is 1.67. The number of aromatic nitrogens is 1. The molecule has 0 aliphatic carbocycles. The summed E-state index contributed by atoms with van der Waals surface area (Å²) in [5.74, 6) is -0.278. The molecule has 1 N–H and O–H groups in total. The minimum Gasteiger partial charge on any atom is -0.346 e. The molecule has 0 atom stereocenters. The second-order valence-corrected chi connectivity index (χ2v) is 5.67. The second kappa shape index (κ2) is 6.58. The predicted octanol–water partition coefficient (Wildman–Crippen LogP) is 2.54. The molecule has 2 aromatic rings. The SMILES string of the molecule is CC(=O)c1cc(C(=O)Nc2cccc(CN(C)C)c2)n(C)c1. The molecule has 0 aliphatic heterocycles. The molecule has 1 aromatic carbocycles. The number of nitrogens with one attached hydrogen (secondary N) is 1. The van der Waals surface area contributed by atoms with Crippen LogP contribution in [0.4, 0.5) is 5.69 Å². The van der Waals surface area contributed by atoms with Gasteiger partial charge >= 0.3 is 0 Å². The van der Waals surface area contributed by atoms with Gasteiger partial charge in [-0.3, -0.25) is 9.59 Å². The van der Waals surface area contributed by atoms with Gasteiger partial charge in [0.15, 0.2) is 5.78 Å². The number of rotatable bonds is 5. The van der Waals surface area contributed by atoms with Gasteiger partial charge in [-0.15, -0.1) is 0 Å². The third-order valence-corrected chi connectivity index (χ3v) is 3.33. The molecule has 0 unspecified atom stereocenters. The van der Waals surface area contributed by atoms with Gasteiger partial charge in [0.05, 0.1) is 0 Å². The number of aryl methyl sites for hydroxylation is 1. The molecular weight excluding hydrogens is 278 g/mol. The number of ketones is 1. The van der Waals surface area contributed by atoms with Crippen LogP contribution in [0.15, 0.2) is 36.5 Å². The number of carbonyl (C=O) groups is 2. The van der Waals surface area contributed by atoms with Crippen molar-refractivity contribution in [3.8, 4) is 0 Å². The fourth-order valence-electron chi connectivity index (χ4n) is 2.29. The molecule has 0 spiro atoms. The fraction of sp³-hybridized carbons (Fsp3) is 0.294. The van der Waals surface area contributed by atoms with E-state index in [0.717, 1.165) is 17.8 Å². The van der Waals surface area contributed by atoms with Crippen LogP contribution in [0, 0.1) is 0 Å². The molecular formula is C17H21N3O2. The Balaban J connectivity index is 2.17. The zero-order valence-corrected chi connectivity index (χ0v) is 13.4. The summed E-state index contributed by atoms with van der Waals surface area (Å²) < 4.78 is 1.66. The third-order valence-electron chi connectivity index (χ3n) is 3.33. The number of Topliss-reactive ketones (excluding diaryl/α,β-unsaturated/α-hetero) is 1. The maximum absolute atomic E-state index is 12.4. The van der Waals surface area contributed by atoms with Gasteiger partial charge in [0.1, 0.15) is 5.69 Å². The Labute approximate surface area is 130 Å². The van der Waals surface area contributed by atoms with Crippen LogP contribution in [-0.2, 0) is 13.6 Å². The first-order valence-corrected chi connectivity index (χ1v) is 7.09. The third kappa shape index (κ3) is 3.83. The van der Waals surface area contributed by atoms with Crippen molar-refractivity contribution in [2.45, 2.75) is 13.5 Å². The van der Waals surface area contributed by atoms with Crippen LogP contribution in [0.2, 0.25) is 0 Å². The smallest absolute Gasteiger partial charge is 0.272 e. The lowest BCUT2D eigenvalue weighted by atomic mass is 10.2. The largest absolute Gasteiger partial charge is 0.346 e. The minimum atomic E-state index is -0.225. The van der Waals surface area contributed by atoms with Gasteiger partial charge in [0.2, 0.25) is 0 Å². The van der Waals surface area contributed by atoms with Crippen molar-refractivity contribution >= 4 is 17.4 Å². The van der Waals surface area contributed by atoms with E-state index in [9.17, 15) is 9.59 Å². The Kier molecular flexibility index (Phi) is 4.78. The van der Waals surface area contributed by atoms with Gasteiger partial charge in [-0.2, -0.15) is 0 Å². The summed E-state index contributed by atoms with van der Waals surface area (Å²) in [7, 11) is 5.75. The van der Waals surface area contributed by atoms with Crippen molar-refractivity contribution in [2.24, 2.45) is 7.05 Å². The average molecular weight is 299 g/mol. The van der Waals surface area contributed by atoms with Crippen molar-refractivity contribution in [1.82, 2.24) is 9.47 Å². The van der Waals surface area contributed by atoms with E-state index in [1.807, 2.05) is 38.4 Å². The molecule has 1 aromatic heterocycles. The summed E-state index contributed by atoms with van der Waals surface area (Å²) in [5, 5.41) is 2.88. The van der Waals surface area contributed by atoms with Crippen LogP contribution >= 0.6 is 0 Å². The normalized spacial score (nSPS) is 10.8.